The van der Waals surface area contributed by atoms with Crippen molar-refractivity contribution in [1.29, 1.82) is 0 Å². The van der Waals surface area contributed by atoms with Gasteiger partial charge in [0.2, 0.25) is 4.34 Å². The van der Waals surface area contributed by atoms with E-state index in [0.717, 1.165) is 16.9 Å². The lowest BCUT2D eigenvalue weighted by Crippen LogP contribution is -2.26. The Morgan fingerprint density at radius 2 is 2.10 bits per heavy atom. The topological polar surface area (TPSA) is 110 Å². The number of nitrogens with two attached hydrogens (primary N) is 1. The number of benzene rings is 1. The van der Waals surface area contributed by atoms with Crippen LogP contribution in [0.1, 0.15) is 19.4 Å². The van der Waals surface area contributed by atoms with Gasteiger partial charge in [0.1, 0.15) is 0 Å². The van der Waals surface area contributed by atoms with E-state index in [1.807, 2.05) is 0 Å². The Morgan fingerprint density at radius 3 is 2.65 bits per heavy atom. The predicted molar refractivity (Wildman–Crippen MR) is 76.1 cm³/mol. The Balaban J connectivity index is 2.42. The molecule has 0 bridgehead atoms. The Morgan fingerprint density at radius 1 is 1.45 bits per heavy atom. The molecule has 8 heteroatoms. The third-order valence-corrected chi connectivity index (χ3v) is 5.26. The molecular formula is C12H14N2O4S2. The maximum absolute atomic E-state index is 11.3. The predicted octanol–water partition coefficient (Wildman–Crippen LogP) is 1.60. The molecule has 108 valence electrons. The zero-order valence-corrected chi connectivity index (χ0v) is 12.6. The fourth-order valence-corrected chi connectivity index (χ4v) is 3.41. The van der Waals surface area contributed by atoms with Gasteiger partial charge in [0.05, 0.1) is 15.6 Å². The summed E-state index contributed by atoms with van der Waals surface area (Å²) in [6, 6.07) is 5.21. The molecule has 1 aromatic carbocycles. The third-order valence-electron chi connectivity index (χ3n) is 2.90. The van der Waals surface area contributed by atoms with Crippen molar-refractivity contribution in [3.63, 3.8) is 0 Å². The third kappa shape index (κ3) is 2.97. The van der Waals surface area contributed by atoms with E-state index in [4.69, 9.17) is 10.2 Å². The van der Waals surface area contributed by atoms with E-state index in [2.05, 4.69) is 4.98 Å². The van der Waals surface area contributed by atoms with Gasteiger partial charge in [-0.25, -0.2) is 18.5 Å². The minimum atomic E-state index is -3.81. The van der Waals surface area contributed by atoms with E-state index in [-0.39, 0.29) is 4.34 Å². The largest absolute Gasteiger partial charge is 0.481 e. The summed E-state index contributed by atoms with van der Waals surface area (Å²) >= 11 is 0.997. The molecule has 0 saturated carbocycles. The molecule has 0 aliphatic heterocycles. The minimum absolute atomic E-state index is 0.137. The lowest BCUT2D eigenvalue weighted by atomic mass is 9.86. The molecule has 0 spiro atoms. The smallest absolute Gasteiger partial charge is 0.309 e. The van der Waals surface area contributed by atoms with Crippen LogP contribution in [-0.2, 0) is 21.2 Å². The Kier molecular flexibility index (Phi) is 3.57. The molecule has 1 heterocycles. The molecule has 0 radical (unpaired) electrons. The van der Waals surface area contributed by atoms with Crippen molar-refractivity contribution >= 4 is 37.5 Å². The van der Waals surface area contributed by atoms with Crippen LogP contribution in [0.25, 0.3) is 10.2 Å². The Hall–Kier alpha value is -1.51. The van der Waals surface area contributed by atoms with Gasteiger partial charge >= 0.3 is 5.97 Å². The first kappa shape index (κ1) is 14.9. The first-order chi connectivity index (χ1) is 9.09. The van der Waals surface area contributed by atoms with E-state index in [1.54, 1.807) is 32.0 Å². The standard InChI is InChI=1S/C12H14N2O4S2/c1-12(2,10(15)16)6-7-3-4-9-8(5-7)14-11(19-9)20(13,17)18/h3-5H,6H2,1-2H3,(H,15,16)(H2,13,17,18). The van der Waals surface area contributed by atoms with Crippen molar-refractivity contribution in [2.75, 3.05) is 0 Å². The van der Waals surface area contributed by atoms with Gasteiger partial charge in [-0.05, 0) is 38.0 Å². The average Bonchev–Trinajstić information content (AvgIpc) is 2.70. The molecule has 0 amide bonds. The molecular weight excluding hydrogens is 300 g/mol. The summed E-state index contributed by atoms with van der Waals surface area (Å²) in [6.07, 6.45) is 0.334. The van der Waals surface area contributed by atoms with Gasteiger partial charge in [-0.1, -0.05) is 6.07 Å². The molecule has 2 aromatic rings. The molecule has 0 fully saturated rings. The highest BCUT2D eigenvalue weighted by Crippen LogP contribution is 2.28. The number of nitrogens with zero attached hydrogens (tertiary/aromatic N) is 1. The highest BCUT2D eigenvalue weighted by molar-refractivity contribution is 7.91. The number of rotatable bonds is 4. The number of hydrogen-bond donors (Lipinski definition) is 2. The number of carbonyl (C=O) groups is 1. The van der Waals surface area contributed by atoms with Crippen LogP contribution in [0.2, 0.25) is 0 Å². The molecule has 0 saturated heterocycles. The lowest BCUT2D eigenvalue weighted by molar-refractivity contribution is -0.146. The maximum Gasteiger partial charge on any atom is 0.309 e. The summed E-state index contributed by atoms with van der Waals surface area (Å²) in [7, 11) is -3.81. The van der Waals surface area contributed by atoms with Crippen LogP contribution in [0, 0.1) is 5.41 Å². The highest BCUT2D eigenvalue weighted by Gasteiger charge is 2.27. The lowest BCUT2D eigenvalue weighted by Gasteiger charge is -2.18. The molecule has 0 aliphatic carbocycles. The normalized spacial score (nSPS) is 12.8. The molecule has 3 N–H and O–H groups in total. The van der Waals surface area contributed by atoms with Crippen molar-refractivity contribution in [2.45, 2.75) is 24.6 Å². The van der Waals surface area contributed by atoms with Gasteiger partial charge in [0.15, 0.2) is 0 Å². The second kappa shape index (κ2) is 4.80. The first-order valence-electron chi connectivity index (χ1n) is 5.75. The number of carboxylic acid groups (broad SMARTS) is 1. The van der Waals surface area contributed by atoms with E-state index in [0.29, 0.717) is 16.6 Å². The van der Waals surface area contributed by atoms with Crippen molar-refractivity contribution in [3.8, 4) is 0 Å². The molecule has 20 heavy (non-hydrogen) atoms. The quantitative estimate of drug-likeness (QED) is 0.890. The first-order valence-corrected chi connectivity index (χ1v) is 8.11. The van der Waals surface area contributed by atoms with Gasteiger partial charge in [-0.3, -0.25) is 4.79 Å². The highest BCUT2D eigenvalue weighted by atomic mass is 32.2. The second-order valence-electron chi connectivity index (χ2n) is 5.19. The van der Waals surface area contributed by atoms with Crippen molar-refractivity contribution < 1.29 is 18.3 Å². The monoisotopic (exact) mass is 314 g/mol. The summed E-state index contributed by atoms with van der Waals surface area (Å²) in [5.74, 6) is -0.888. The zero-order chi connectivity index (χ0) is 15.1. The SMILES string of the molecule is CC(C)(Cc1ccc2sc(S(N)(=O)=O)nc2c1)C(=O)O. The fraction of sp³-hybridized carbons (Fsp3) is 0.333. The number of hydrogen-bond acceptors (Lipinski definition) is 5. The van der Waals surface area contributed by atoms with Gasteiger partial charge in [-0.2, -0.15) is 0 Å². The van der Waals surface area contributed by atoms with Crippen LogP contribution in [0.5, 0.6) is 0 Å². The number of fused-ring (bicyclic) bond motifs is 1. The molecule has 1 aromatic heterocycles. The fourth-order valence-electron chi connectivity index (χ4n) is 1.77. The van der Waals surface area contributed by atoms with Crippen LogP contribution < -0.4 is 5.14 Å². The molecule has 0 unspecified atom stereocenters. The van der Waals surface area contributed by atoms with E-state index in [1.165, 1.54) is 0 Å². The minimum Gasteiger partial charge on any atom is -0.481 e. The van der Waals surface area contributed by atoms with Crippen LogP contribution in [-0.4, -0.2) is 24.5 Å². The summed E-state index contributed by atoms with van der Waals surface area (Å²) in [6.45, 7) is 3.27. The van der Waals surface area contributed by atoms with E-state index >= 15 is 0 Å². The van der Waals surface area contributed by atoms with E-state index in [9.17, 15) is 13.2 Å². The summed E-state index contributed by atoms with van der Waals surface area (Å²) in [5, 5.41) is 14.2. The van der Waals surface area contributed by atoms with Gasteiger partial charge < -0.3 is 5.11 Å². The van der Waals surface area contributed by atoms with Crippen LogP contribution in [0.3, 0.4) is 0 Å². The van der Waals surface area contributed by atoms with Gasteiger partial charge in [0.25, 0.3) is 10.0 Å². The summed E-state index contributed by atoms with van der Waals surface area (Å²) in [4.78, 5) is 15.1. The molecule has 0 aliphatic rings. The average molecular weight is 314 g/mol. The Labute approximate surface area is 120 Å². The second-order valence-corrected chi connectivity index (χ2v) is 7.96. The number of aromatic nitrogens is 1. The van der Waals surface area contributed by atoms with Crippen LogP contribution in [0.15, 0.2) is 22.5 Å². The number of thiazole rings is 1. The van der Waals surface area contributed by atoms with Gasteiger partial charge in [0, 0.05) is 0 Å². The van der Waals surface area contributed by atoms with Crippen molar-refractivity contribution in [2.24, 2.45) is 10.6 Å². The zero-order valence-electron chi connectivity index (χ0n) is 11.0. The van der Waals surface area contributed by atoms with Crippen molar-refractivity contribution in [1.82, 2.24) is 4.98 Å². The van der Waals surface area contributed by atoms with Crippen LogP contribution in [0.4, 0.5) is 0 Å². The molecule has 2 rings (SSSR count). The number of sulfonamides is 1. The molecule has 0 atom stereocenters. The van der Waals surface area contributed by atoms with Gasteiger partial charge in [-0.15, -0.1) is 11.3 Å². The number of aliphatic carboxylic acids is 1. The van der Waals surface area contributed by atoms with Crippen molar-refractivity contribution in [3.05, 3.63) is 23.8 Å². The van der Waals surface area contributed by atoms with Crippen LogP contribution >= 0.6 is 11.3 Å². The molecule has 6 nitrogen and oxygen atoms in total. The van der Waals surface area contributed by atoms with E-state index < -0.39 is 21.4 Å². The number of primary sulfonamides is 1. The maximum atomic E-state index is 11.3. The summed E-state index contributed by atoms with van der Waals surface area (Å²) in [5.41, 5.74) is 0.404. The summed E-state index contributed by atoms with van der Waals surface area (Å²) < 4.78 is 23.1. The number of carboxylic acids is 1. The Bertz CT molecular complexity index is 778.